The van der Waals surface area contributed by atoms with Gasteiger partial charge in [0.2, 0.25) is 0 Å². The molecule has 0 aliphatic rings. The molecule has 0 fully saturated rings. The predicted octanol–water partition coefficient (Wildman–Crippen LogP) is 14.4. The average molecular weight is 763 g/mol. The van der Waals surface area contributed by atoms with Gasteiger partial charge in [0.15, 0.2) is 17.5 Å². The molecule has 8 aromatic carbocycles. The van der Waals surface area contributed by atoms with E-state index in [1.165, 1.54) is 79.0 Å². The highest BCUT2D eigenvalue weighted by molar-refractivity contribution is 7.26. The van der Waals surface area contributed by atoms with Crippen molar-refractivity contribution in [1.82, 2.24) is 19.5 Å². The lowest BCUT2D eigenvalue weighted by Gasteiger charge is -2.08. The highest BCUT2D eigenvalue weighted by Crippen LogP contribution is 2.44. The average Bonchev–Trinajstić information content (AvgIpc) is 3.95. The van der Waals surface area contributed by atoms with Crippen LogP contribution in [0.4, 0.5) is 0 Å². The van der Waals surface area contributed by atoms with Crippen LogP contribution in [-0.2, 0) is 0 Å². The lowest BCUT2D eigenvalue weighted by molar-refractivity contribution is 1.07. The normalized spacial score (nSPS) is 11.9. The van der Waals surface area contributed by atoms with Gasteiger partial charge >= 0.3 is 0 Å². The second kappa shape index (κ2) is 12.8. The Kier molecular flexibility index (Phi) is 7.24. The molecule has 0 atom stereocenters. The molecular formula is C51H30N4S2. The molecule has 6 heteroatoms. The number of nitrogens with zero attached hydrogens (tertiary/aromatic N) is 4. The van der Waals surface area contributed by atoms with Gasteiger partial charge in [0.25, 0.3) is 0 Å². The first kappa shape index (κ1) is 32.3. The van der Waals surface area contributed by atoms with Crippen molar-refractivity contribution in [3.05, 3.63) is 182 Å². The Morgan fingerprint density at radius 3 is 1.60 bits per heavy atom. The fourth-order valence-electron chi connectivity index (χ4n) is 8.38. The van der Waals surface area contributed by atoms with Crippen LogP contribution in [0.15, 0.2) is 182 Å². The highest BCUT2D eigenvalue weighted by Gasteiger charge is 2.17. The monoisotopic (exact) mass is 762 g/mol. The first-order chi connectivity index (χ1) is 28.2. The largest absolute Gasteiger partial charge is 0.309 e. The molecule has 4 aromatic heterocycles. The Morgan fingerprint density at radius 1 is 0.333 bits per heavy atom. The van der Waals surface area contributed by atoms with Crippen molar-refractivity contribution in [3.8, 4) is 51.0 Å². The highest BCUT2D eigenvalue weighted by atomic mass is 32.1. The fraction of sp³-hybridized carbons (Fsp3) is 0. The molecule has 0 amide bonds. The molecule has 0 aliphatic heterocycles. The van der Waals surface area contributed by atoms with Crippen LogP contribution in [0, 0.1) is 0 Å². The minimum Gasteiger partial charge on any atom is -0.309 e. The van der Waals surface area contributed by atoms with E-state index in [0.29, 0.717) is 17.5 Å². The smallest absolute Gasteiger partial charge is 0.164 e. The summed E-state index contributed by atoms with van der Waals surface area (Å²) in [6.45, 7) is 0. The number of fused-ring (bicyclic) bond motifs is 9. The Balaban J connectivity index is 0.960. The molecular weight excluding hydrogens is 733 g/mol. The van der Waals surface area contributed by atoms with Gasteiger partial charge in [-0.05, 0) is 53.6 Å². The maximum absolute atomic E-state index is 5.00. The van der Waals surface area contributed by atoms with Gasteiger partial charge in [-0.15, -0.1) is 22.7 Å². The molecule has 12 aromatic rings. The van der Waals surface area contributed by atoms with E-state index in [9.17, 15) is 0 Å². The van der Waals surface area contributed by atoms with Gasteiger partial charge in [-0.3, -0.25) is 0 Å². The molecule has 0 aliphatic carbocycles. The van der Waals surface area contributed by atoms with E-state index < -0.39 is 0 Å². The Bertz CT molecular complexity index is 3410. The summed E-state index contributed by atoms with van der Waals surface area (Å²) in [5.41, 5.74) is 9.01. The van der Waals surface area contributed by atoms with Gasteiger partial charge in [-0.25, -0.2) is 15.0 Å². The van der Waals surface area contributed by atoms with Crippen LogP contribution in [0.5, 0.6) is 0 Å². The summed E-state index contributed by atoms with van der Waals surface area (Å²) >= 11 is 3.70. The van der Waals surface area contributed by atoms with E-state index >= 15 is 0 Å². The molecule has 57 heavy (non-hydrogen) atoms. The molecule has 0 unspecified atom stereocenters. The number of para-hydroxylation sites is 2. The van der Waals surface area contributed by atoms with Crippen LogP contribution in [0.3, 0.4) is 0 Å². The second-order valence-electron chi connectivity index (χ2n) is 14.4. The van der Waals surface area contributed by atoms with Crippen LogP contribution in [-0.4, -0.2) is 19.5 Å². The molecule has 0 N–H and O–H groups in total. The van der Waals surface area contributed by atoms with E-state index in [1.54, 1.807) is 0 Å². The predicted molar refractivity (Wildman–Crippen MR) is 242 cm³/mol. The van der Waals surface area contributed by atoms with Crippen molar-refractivity contribution in [1.29, 1.82) is 0 Å². The summed E-state index contributed by atoms with van der Waals surface area (Å²) < 4.78 is 7.47. The standard InChI is InChI=1S/C51H30N4S2/c1-3-12-31(13-4-1)49-52-50(32-14-5-2-6-15-32)54-51(53-49)34-22-25-39-41-19-11-18-36(48(41)57-46(39)29-34)33-23-27-45-42(28-33)40-26-24-35(30-47(40)56-45)55-43-20-9-7-16-37(43)38-17-8-10-21-44(38)55/h1-30H. The molecule has 4 nitrogen and oxygen atoms in total. The lowest BCUT2D eigenvalue weighted by Crippen LogP contribution is -1.99. The topological polar surface area (TPSA) is 43.6 Å². The zero-order chi connectivity index (χ0) is 37.5. The number of hydrogen-bond donors (Lipinski definition) is 0. The van der Waals surface area contributed by atoms with Crippen molar-refractivity contribution in [2.45, 2.75) is 0 Å². The third kappa shape index (κ3) is 5.22. The zero-order valence-corrected chi connectivity index (χ0v) is 32.1. The molecule has 0 saturated heterocycles. The van der Waals surface area contributed by atoms with Gasteiger partial charge in [0.1, 0.15) is 0 Å². The molecule has 4 heterocycles. The quantitative estimate of drug-likeness (QED) is 0.175. The summed E-state index contributed by atoms with van der Waals surface area (Å²) in [5.74, 6) is 1.99. The van der Waals surface area contributed by atoms with Crippen LogP contribution in [0.2, 0.25) is 0 Å². The SMILES string of the molecule is c1ccc(-c2nc(-c3ccccc3)nc(-c3ccc4c(c3)sc3c(-c5ccc6sc7cc(-n8c9ccccc9c9ccccc98)ccc7c6c5)cccc34)n2)cc1. The number of aromatic nitrogens is 4. The third-order valence-corrected chi connectivity index (χ3v) is 13.4. The minimum atomic E-state index is 0.664. The molecule has 0 saturated carbocycles. The molecule has 0 bridgehead atoms. The van der Waals surface area contributed by atoms with E-state index in [1.807, 2.05) is 83.3 Å². The van der Waals surface area contributed by atoms with Gasteiger partial charge in [-0.1, -0.05) is 140 Å². The van der Waals surface area contributed by atoms with Crippen molar-refractivity contribution >= 4 is 84.8 Å². The molecule has 0 spiro atoms. The first-order valence-electron chi connectivity index (χ1n) is 19.0. The van der Waals surface area contributed by atoms with Crippen LogP contribution < -0.4 is 0 Å². The van der Waals surface area contributed by atoms with Gasteiger partial charge < -0.3 is 4.57 Å². The van der Waals surface area contributed by atoms with Gasteiger partial charge in [0.05, 0.1) is 11.0 Å². The number of thiophene rings is 2. The molecule has 12 rings (SSSR count). The first-order valence-corrected chi connectivity index (χ1v) is 20.6. The van der Waals surface area contributed by atoms with Gasteiger partial charge in [0, 0.05) is 73.5 Å². The van der Waals surface area contributed by atoms with E-state index in [4.69, 9.17) is 15.0 Å². The van der Waals surface area contributed by atoms with E-state index in [-0.39, 0.29) is 0 Å². The van der Waals surface area contributed by atoms with Gasteiger partial charge in [-0.2, -0.15) is 0 Å². The van der Waals surface area contributed by atoms with Crippen LogP contribution in [0.1, 0.15) is 0 Å². The third-order valence-electron chi connectivity index (χ3n) is 11.1. The summed E-state index contributed by atoms with van der Waals surface area (Å²) in [6.07, 6.45) is 0. The second-order valence-corrected chi connectivity index (χ2v) is 16.5. The maximum Gasteiger partial charge on any atom is 0.164 e. The number of hydrogen-bond acceptors (Lipinski definition) is 5. The lowest BCUT2D eigenvalue weighted by atomic mass is 10.0. The number of rotatable bonds is 5. The Labute approximate surface area is 335 Å². The summed E-state index contributed by atoms with van der Waals surface area (Å²) in [7, 11) is 0. The van der Waals surface area contributed by atoms with Crippen molar-refractivity contribution in [3.63, 3.8) is 0 Å². The Morgan fingerprint density at radius 2 is 0.895 bits per heavy atom. The molecule has 0 radical (unpaired) electrons. The van der Waals surface area contributed by atoms with Crippen molar-refractivity contribution in [2.75, 3.05) is 0 Å². The summed E-state index contributed by atoms with van der Waals surface area (Å²) in [6, 6.07) is 65.0. The van der Waals surface area contributed by atoms with E-state index in [2.05, 4.69) is 126 Å². The van der Waals surface area contributed by atoms with E-state index in [0.717, 1.165) is 16.7 Å². The fourth-order valence-corrected chi connectivity index (χ4v) is 10.8. The minimum absolute atomic E-state index is 0.664. The molecule has 266 valence electrons. The maximum atomic E-state index is 5.00. The summed E-state index contributed by atoms with van der Waals surface area (Å²) in [5, 5.41) is 7.63. The van der Waals surface area contributed by atoms with Crippen molar-refractivity contribution < 1.29 is 0 Å². The Hall–Kier alpha value is -6.99. The van der Waals surface area contributed by atoms with Crippen molar-refractivity contribution in [2.24, 2.45) is 0 Å². The zero-order valence-electron chi connectivity index (χ0n) is 30.4. The number of benzene rings is 8. The van der Waals surface area contributed by atoms with Crippen LogP contribution in [0.25, 0.3) is 113 Å². The summed E-state index contributed by atoms with van der Waals surface area (Å²) in [4.78, 5) is 14.9. The van der Waals surface area contributed by atoms with Crippen LogP contribution >= 0.6 is 22.7 Å².